The van der Waals surface area contributed by atoms with Crippen LogP contribution in [-0.2, 0) is 6.54 Å². The Labute approximate surface area is 109 Å². The van der Waals surface area contributed by atoms with E-state index in [9.17, 15) is 13.2 Å². The number of aliphatic hydroxyl groups is 1. The number of rotatable bonds is 6. The number of alkyl halides is 3. The van der Waals surface area contributed by atoms with E-state index in [0.29, 0.717) is 12.3 Å². The monoisotopic (exact) mass is 279 g/mol. The summed E-state index contributed by atoms with van der Waals surface area (Å²) in [6, 6.07) is 4.87. The maximum Gasteiger partial charge on any atom is 0.417 e. The molecule has 0 radical (unpaired) electrons. The van der Waals surface area contributed by atoms with Gasteiger partial charge in [0.2, 0.25) is 0 Å². The maximum atomic E-state index is 12.1. The molecule has 0 aromatic heterocycles. The van der Waals surface area contributed by atoms with Gasteiger partial charge in [-0.05, 0) is 24.7 Å². The van der Waals surface area contributed by atoms with Crippen LogP contribution < -0.4 is 14.8 Å². The molecular formula is C12H16F3NO3. The average Bonchev–Trinajstić information content (AvgIpc) is 2.35. The van der Waals surface area contributed by atoms with Gasteiger partial charge < -0.3 is 19.9 Å². The van der Waals surface area contributed by atoms with Crippen LogP contribution in [0, 0.1) is 0 Å². The van der Waals surface area contributed by atoms with Gasteiger partial charge in [-0.3, -0.25) is 0 Å². The minimum Gasteiger partial charge on any atom is -0.493 e. The molecule has 0 aliphatic rings. The number of aliphatic hydroxyl groups excluding tert-OH is 1. The number of hydrogen-bond acceptors (Lipinski definition) is 4. The molecule has 108 valence electrons. The van der Waals surface area contributed by atoms with Crippen molar-refractivity contribution in [2.75, 3.05) is 20.8 Å². The topological polar surface area (TPSA) is 50.7 Å². The third-order valence-corrected chi connectivity index (χ3v) is 2.38. The van der Waals surface area contributed by atoms with Crippen LogP contribution >= 0.6 is 0 Å². The Morgan fingerprint density at radius 3 is 2.53 bits per heavy atom. The molecule has 0 amide bonds. The minimum atomic E-state index is -4.70. The van der Waals surface area contributed by atoms with Gasteiger partial charge in [0.1, 0.15) is 6.61 Å². The number of hydrogen-bond donors (Lipinski definition) is 2. The van der Waals surface area contributed by atoms with Crippen molar-refractivity contribution in [1.82, 2.24) is 5.32 Å². The Morgan fingerprint density at radius 2 is 2.00 bits per heavy atom. The smallest absolute Gasteiger partial charge is 0.417 e. The van der Waals surface area contributed by atoms with Gasteiger partial charge in [-0.1, -0.05) is 6.07 Å². The Hall–Kier alpha value is -1.47. The van der Waals surface area contributed by atoms with Crippen LogP contribution in [0.2, 0.25) is 0 Å². The summed E-state index contributed by atoms with van der Waals surface area (Å²) in [5.41, 5.74) is 0.906. The molecule has 0 saturated heterocycles. The van der Waals surface area contributed by atoms with Gasteiger partial charge in [0.15, 0.2) is 17.6 Å². The third kappa shape index (κ3) is 4.60. The van der Waals surface area contributed by atoms with Crippen LogP contribution in [0.25, 0.3) is 0 Å². The molecule has 0 fully saturated rings. The van der Waals surface area contributed by atoms with Crippen molar-refractivity contribution in [3.05, 3.63) is 23.8 Å². The fourth-order valence-corrected chi connectivity index (χ4v) is 1.41. The zero-order chi connectivity index (χ0) is 14.5. The van der Waals surface area contributed by atoms with Gasteiger partial charge in [0.25, 0.3) is 0 Å². The molecule has 7 heteroatoms. The quantitative estimate of drug-likeness (QED) is 0.832. The first kappa shape index (κ1) is 15.6. The summed E-state index contributed by atoms with van der Waals surface area (Å²) < 4.78 is 46.4. The predicted octanol–water partition coefficient (Wildman–Crippen LogP) is 1.72. The van der Waals surface area contributed by atoms with E-state index in [0.717, 1.165) is 5.56 Å². The molecular weight excluding hydrogens is 263 g/mol. The van der Waals surface area contributed by atoms with Crippen LogP contribution in [0.15, 0.2) is 18.2 Å². The van der Waals surface area contributed by atoms with Crippen molar-refractivity contribution in [3.8, 4) is 11.5 Å². The maximum absolute atomic E-state index is 12.1. The Kier molecular flexibility index (Phi) is 5.44. The standard InChI is InChI=1S/C12H16F3NO3/c1-16-6-8-3-4-9(10(5-8)18-2)19-7-11(17)12(13,14)15/h3-5,11,16-17H,6-7H2,1-2H3. The van der Waals surface area contributed by atoms with Crippen molar-refractivity contribution >= 4 is 0 Å². The summed E-state index contributed by atoms with van der Waals surface area (Å²) in [7, 11) is 3.17. The lowest BCUT2D eigenvalue weighted by molar-refractivity contribution is -0.210. The highest BCUT2D eigenvalue weighted by Gasteiger charge is 2.38. The van der Waals surface area contributed by atoms with E-state index < -0.39 is 18.9 Å². The lowest BCUT2D eigenvalue weighted by atomic mass is 10.2. The molecule has 0 bridgehead atoms. The number of ether oxygens (including phenoxy) is 2. The summed E-state index contributed by atoms with van der Waals surface area (Å²) in [6.45, 7) is -0.271. The molecule has 1 aromatic rings. The molecule has 0 heterocycles. The van der Waals surface area contributed by atoms with Crippen molar-refractivity contribution in [2.24, 2.45) is 0 Å². The van der Waals surface area contributed by atoms with Gasteiger partial charge in [-0.15, -0.1) is 0 Å². The van der Waals surface area contributed by atoms with E-state index in [2.05, 4.69) is 5.32 Å². The van der Waals surface area contributed by atoms with Crippen LogP contribution in [0.1, 0.15) is 5.56 Å². The van der Waals surface area contributed by atoms with Gasteiger partial charge in [0, 0.05) is 6.54 Å². The second-order valence-corrected chi connectivity index (χ2v) is 3.88. The summed E-state index contributed by atoms with van der Waals surface area (Å²) in [5.74, 6) is 0.479. The summed E-state index contributed by atoms with van der Waals surface area (Å²) in [6.07, 6.45) is -7.21. The lowest BCUT2D eigenvalue weighted by Gasteiger charge is -2.17. The predicted molar refractivity (Wildman–Crippen MR) is 63.3 cm³/mol. The van der Waals surface area contributed by atoms with E-state index in [4.69, 9.17) is 14.6 Å². The van der Waals surface area contributed by atoms with Crippen molar-refractivity contribution < 1.29 is 27.8 Å². The van der Waals surface area contributed by atoms with Crippen molar-refractivity contribution in [3.63, 3.8) is 0 Å². The molecule has 0 saturated carbocycles. The molecule has 0 aliphatic heterocycles. The number of halogens is 3. The highest BCUT2D eigenvalue weighted by Crippen LogP contribution is 2.29. The molecule has 1 aromatic carbocycles. The SMILES string of the molecule is CNCc1ccc(OCC(O)C(F)(F)F)c(OC)c1. The van der Waals surface area contributed by atoms with E-state index >= 15 is 0 Å². The molecule has 19 heavy (non-hydrogen) atoms. The highest BCUT2D eigenvalue weighted by atomic mass is 19.4. The largest absolute Gasteiger partial charge is 0.493 e. The van der Waals surface area contributed by atoms with Crippen LogP contribution in [0.3, 0.4) is 0 Å². The zero-order valence-electron chi connectivity index (χ0n) is 10.6. The summed E-state index contributed by atoms with van der Waals surface area (Å²) >= 11 is 0. The molecule has 0 aliphatic carbocycles. The van der Waals surface area contributed by atoms with Crippen LogP contribution in [0.4, 0.5) is 13.2 Å². The molecule has 2 N–H and O–H groups in total. The fraction of sp³-hybridized carbons (Fsp3) is 0.500. The first-order valence-electron chi connectivity index (χ1n) is 5.57. The molecule has 4 nitrogen and oxygen atoms in total. The van der Waals surface area contributed by atoms with Crippen molar-refractivity contribution in [2.45, 2.75) is 18.8 Å². The zero-order valence-corrected chi connectivity index (χ0v) is 10.6. The first-order valence-corrected chi connectivity index (χ1v) is 5.57. The molecule has 0 spiro atoms. The van der Waals surface area contributed by atoms with E-state index in [1.54, 1.807) is 19.2 Å². The van der Waals surface area contributed by atoms with Gasteiger partial charge >= 0.3 is 6.18 Å². The molecule has 1 atom stereocenters. The van der Waals surface area contributed by atoms with Gasteiger partial charge in [0.05, 0.1) is 7.11 Å². The molecule has 1 unspecified atom stereocenters. The first-order chi connectivity index (χ1) is 8.88. The second-order valence-electron chi connectivity index (χ2n) is 3.88. The Bertz CT molecular complexity index is 410. The lowest BCUT2D eigenvalue weighted by Crippen LogP contribution is -2.34. The van der Waals surface area contributed by atoms with Crippen LogP contribution in [0.5, 0.6) is 11.5 Å². The number of methoxy groups -OCH3 is 1. The van der Waals surface area contributed by atoms with Crippen molar-refractivity contribution in [1.29, 1.82) is 0 Å². The summed E-state index contributed by atoms with van der Waals surface area (Å²) in [5, 5.41) is 11.8. The van der Waals surface area contributed by atoms with Gasteiger partial charge in [-0.2, -0.15) is 13.2 Å². The Morgan fingerprint density at radius 1 is 1.32 bits per heavy atom. The summed E-state index contributed by atoms with van der Waals surface area (Å²) in [4.78, 5) is 0. The van der Waals surface area contributed by atoms with E-state index in [1.165, 1.54) is 13.2 Å². The van der Waals surface area contributed by atoms with E-state index in [1.807, 2.05) is 0 Å². The third-order valence-electron chi connectivity index (χ3n) is 2.38. The second kappa shape index (κ2) is 6.63. The van der Waals surface area contributed by atoms with Gasteiger partial charge in [-0.25, -0.2) is 0 Å². The Balaban J connectivity index is 2.73. The number of benzene rings is 1. The fourth-order valence-electron chi connectivity index (χ4n) is 1.41. The number of nitrogens with one attached hydrogen (secondary N) is 1. The normalized spacial score (nSPS) is 13.2. The highest BCUT2D eigenvalue weighted by molar-refractivity contribution is 5.42. The minimum absolute atomic E-state index is 0.158. The average molecular weight is 279 g/mol. The van der Waals surface area contributed by atoms with E-state index in [-0.39, 0.29) is 5.75 Å². The molecule has 1 rings (SSSR count). The van der Waals surface area contributed by atoms with Crippen LogP contribution in [-0.4, -0.2) is 38.2 Å².